The van der Waals surface area contributed by atoms with Gasteiger partial charge >= 0.3 is 0 Å². The highest BCUT2D eigenvalue weighted by molar-refractivity contribution is 7.89. The van der Waals surface area contributed by atoms with Gasteiger partial charge < -0.3 is 10.2 Å². The first-order valence-corrected chi connectivity index (χ1v) is 8.23. The van der Waals surface area contributed by atoms with Crippen molar-refractivity contribution in [2.24, 2.45) is 5.73 Å². The van der Waals surface area contributed by atoms with E-state index in [1.54, 1.807) is 37.3 Å². The van der Waals surface area contributed by atoms with Crippen LogP contribution in [0.3, 0.4) is 0 Å². The Morgan fingerprint density at radius 1 is 1.29 bits per heavy atom. The number of nitrogens with two attached hydrogens (primary N) is 1. The first-order chi connectivity index (χ1) is 9.96. The molecule has 0 saturated carbocycles. The van der Waals surface area contributed by atoms with Crippen molar-refractivity contribution in [3.63, 3.8) is 0 Å². The first kappa shape index (κ1) is 15.7. The molecule has 2 N–H and O–H groups in total. The number of benzene rings is 1. The largest absolute Gasteiger partial charge is 0.468 e. The molecule has 5 nitrogen and oxygen atoms in total. The predicted octanol–water partition coefficient (Wildman–Crippen LogP) is 2.12. The number of sulfonamides is 1. The molecule has 0 amide bonds. The van der Waals surface area contributed by atoms with Gasteiger partial charge in [0.15, 0.2) is 0 Å². The molecule has 0 unspecified atom stereocenters. The van der Waals surface area contributed by atoms with Crippen LogP contribution in [-0.4, -0.2) is 24.3 Å². The van der Waals surface area contributed by atoms with E-state index >= 15 is 0 Å². The van der Waals surface area contributed by atoms with Crippen molar-refractivity contribution in [1.82, 2.24) is 4.31 Å². The maximum absolute atomic E-state index is 12.8. The summed E-state index contributed by atoms with van der Waals surface area (Å²) in [4.78, 5) is 0.175. The molecule has 0 aliphatic rings. The third kappa shape index (κ3) is 3.31. The molecule has 0 spiro atoms. The van der Waals surface area contributed by atoms with Crippen molar-refractivity contribution in [2.75, 3.05) is 6.54 Å². The fourth-order valence-electron chi connectivity index (χ4n) is 1.98. The van der Waals surface area contributed by atoms with Gasteiger partial charge in [-0.05, 0) is 18.2 Å². The molecule has 112 valence electrons. The van der Waals surface area contributed by atoms with Gasteiger partial charge in [0.1, 0.15) is 10.7 Å². The Morgan fingerprint density at radius 2 is 2.00 bits per heavy atom. The van der Waals surface area contributed by atoms with Gasteiger partial charge in [-0.15, -0.1) is 0 Å². The van der Waals surface area contributed by atoms with Gasteiger partial charge in [-0.2, -0.15) is 4.31 Å². The van der Waals surface area contributed by atoms with Crippen molar-refractivity contribution in [2.45, 2.75) is 18.4 Å². The lowest BCUT2D eigenvalue weighted by molar-refractivity contribution is 0.375. The van der Waals surface area contributed by atoms with Crippen LogP contribution in [0.2, 0.25) is 0 Å². The third-order valence-corrected chi connectivity index (χ3v) is 5.23. The lowest BCUT2D eigenvalue weighted by Crippen LogP contribution is -2.32. The van der Waals surface area contributed by atoms with Crippen LogP contribution < -0.4 is 5.73 Å². The maximum atomic E-state index is 12.8. The minimum atomic E-state index is -3.70. The summed E-state index contributed by atoms with van der Waals surface area (Å²) in [5.74, 6) is 0.577. The molecule has 7 heteroatoms. The standard InChI is InChI=1S/C14H16N2O3S2/c1-2-16(10-11-6-5-9-19-11)21(17,18)13-8-4-3-7-12(13)14(15)20/h3-9H,2,10H2,1H3,(H2,15,20). The van der Waals surface area contributed by atoms with E-state index in [0.29, 0.717) is 17.9 Å². The van der Waals surface area contributed by atoms with Crippen molar-refractivity contribution >= 4 is 27.2 Å². The van der Waals surface area contributed by atoms with Crippen molar-refractivity contribution in [3.05, 3.63) is 54.0 Å². The van der Waals surface area contributed by atoms with E-state index < -0.39 is 10.0 Å². The molecule has 1 aromatic heterocycles. The summed E-state index contributed by atoms with van der Waals surface area (Å²) in [5, 5.41) is 0. The van der Waals surface area contributed by atoms with Crippen LogP contribution in [0.4, 0.5) is 0 Å². The van der Waals surface area contributed by atoms with E-state index in [1.165, 1.54) is 16.6 Å². The summed E-state index contributed by atoms with van der Waals surface area (Å²) in [6.45, 7) is 2.25. The third-order valence-electron chi connectivity index (χ3n) is 3.04. The van der Waals surface area contributed by atoms with Crippen LogP contribution in [0.15, 0.2) is 52.0 Å². The van der Waals surface area contributed by atoms with Crippen LogP contribution >= 0.6 is 12.2 Å². The van der Waals surface area contributed by atoms with Crippen molar-refractivity contribution < 1.29 is 12.8 Å². The molecular formula is C14H16N2O3S2. The van der Waals surface area contributed by atoms with Crippen molar-refractivity contribution in [1.29, 1.82) is 0 Å². The molecule has 1 heterocycles. The van der Waals surface area contributed by atoms with Crippen LogP contribution in [0.25, 0.3) is 0 Å². The molecule has 0 bridgehead atoms. The Labute approximate surface area is 129 Å². The zero-order chi connectivity index (χ0) is 15.5. The van der Waals surface area contributed by atoms with Crippen LogP contribution in [-0.2, 0) is 16.6 Å². The van der Waals surface area contributed by atoms with Gasteiger partial charge in [0.25, 0.3) is 0 Å². The van der Waals surface area contributed by atoms with Gasteiger partial charge in [-0.25, -0.2) is 8.42 Å². The number of hydrogen-bond acceptors (Lipinski definition) is 4. The van der Waals surface area contributed by atoms with E-state index in [0.717, 1.165) is 0 Å². The Balaban J connectivity index is 2.42. The zero-order valence-corrected chi connectivity index (χ0v) is 13.2. The smallest absolute Gasteiger partial charge is 0.244 e. The van der Waals surface area contributed by atoms with E-state index in [1.807, 2.05) is 0 Å². The first-order valence-electron chi connectivity index (χ1n) is 6.38. The summed E-state index contributed by atoms with van der Waals surface area (Å²) in [5.41, 5.74) is 5.97. The van der Waals surface area contributed by atoms with Gasteiger partial charge in [0, 0.05) is 12.1 Å². The lowest BCUT2D eigenvalue weighted by atomic mass is 10.2. The maximum Gasteiger partial charge on any atom is 0.244 e. The lowest BCUT2D eigenvalue weighted by Gasteiger charge is -2.21. The molecule has 21 heavy (non-hydrogen) atoms. The quantitative estimate of drug-likeness (QED) is 0.824. The second kappa shape index (κ2) is 6.38. The van der Waals surface area contributed by atoms with E-state index in [2.05, 4.69) is 0 Å². The molecular weight excluding hydrogens is 308 g/mol. The fourth-order valence-corrected chi connectivity index (χ4v) is 3.84. The summed E-state index contributed by atoms with van der Waals surface area (Å²) in [7, 11) is -3.70. The van der Waals surface area contributed by atoms with E-state index in [4.69, 9.17) is 22.4 Å². The highest BCUT2D eigenvalue weighted by atomic mass is 32.2. The summed E-state index contributed by atoms with van der Waals surface area (Å²) < 4.78 is 32.1. The van der Waals surface area contributed by atoms with E-state index in [-0.39, 0.29) is 16.4 Å². The van der Waals surface area contributed by atoms with Crippen LogP contribution in [0.5, 0.6) is 0 Å². The zero-order valence-electron chi connectivity index (χ0n) is 11.5. The minimum Gasteiger partial charge on any atom is -0.468 e. The van der Waals surface area contributed by atoms with Gasteiger partial charge in [0.05, 0.1) is 17.7 Å². The highest BCUT2D eigenvalue weighted by Crippen LogP contribution is 2.22. The summed E-state index contributed by atoms with van der Waals surface area (Å²) >= 11 is 4.93. The highest BCUT2D eigenvalue weighted by Gasteiger charge is 2.27. The molecule has 0 fully saturated rings. The van der Waals surface area contributed by atoms with Crippen LogP contribution in [0.1, 0.15) is 18.2 Å². The van der Waals surface area contributed by atoms with Crippen molar-refractivity contribution in [3.8, 4) is 0 Å². The normalized spacial score (nSPS) is 11.7. The monoisotopic (exact) mass is 324 g/mol. The summed E-state index contributed by atoms with van der Waals surface area (Å²) in [6.07, 6.45) is 1.51. The number of furan rings is 1. The average molecular weight is 324 g/mol. The van der Waals surface area contributed by atoms with Gasteiger partial charge in [-0.3, -0.25) is 0 Å². The molecule has 0 radical (unpaired) electrons. The average Bonchev–Trinajstić information content (AvgIpc) is 2.97. The Morgan fingerprint density at radius 3 is 2.57 bits per heavy atom. The van der Waals surface area contributed by atoms with Gasteiger partial charge in [0.2, 0.25) is 10.0 Å². The Bertz CT molecular complexity index is 724. The SMILES string of the molecule is CCN(Cc1ccco1)S(=O)(=O)c1ccccc1C(N)=S. The Kier molecular flexibility index (Phi) is 4.76. The molecule has 0 aliphatic carbocycles. The number of thiocarbonyl (C=S) groups is 1. The topological polar surface area (TPSA) is 76.5 Å². The molecule has 0 saturated heterocycles. The second-order valence-electron chi connectivity index (χ2n) is 4.37. The Hall–Kier alpha value is -1.70. The van der Waals surface area contributed by atoms with Gasteiger partial charge in [-0.1, -0.05) is 37.3 Å². The summed E-state index contributed by atoms with van der Waals surface area (Å²) in [6, 6.07) is 9.92. The number of rotatable bonds is 6. The molecule has 0 aliphatic heterocycles. The van der Waals surface area contributed by atoms with Crippen LogP contribution in [0, 0.1) is 0 Å². The number of hydrogen-bond donors (Lipinski definition) is 1. The number of nitrogens with zero attached hydrogens (tertiary/aromatic N) is 1. The minimum absolute atomic E-state index is 0.0585. The second-order valence-corrected chi connectivity index (χ2v) is 6.72. The predicted molar refractivity (Wildman–Crippen MR) is 84.3 cm³/mol. The molecule has 1 aromatic carbocycles. The molecule has 0 atom stereocenters. The molecule has 2 aromatic rings. The van der Waals surface area contributed by atoms with E-state index in [9.17, 15) is 8.42 Å². The molecule has 2 rings (SSSR count). The fraction of sp³-hybridized carbons (Fsp3) is 0.214.